The van der Waals surface area contributed by atoms with Gasteiger partial charge in [0.25, 0.3) is 11.7 Å². The van der Waals surface area contributed by atoms with Crippen molar-refractivity contribution in [2.75, 3.05) is 6.61 Å². The number of alkyl halides is 6. The fraction of sp³-hybridized carbons (Fsp3) is 0.207. The van der Waals surface area contributed by atoms with Crippen LogP contribution in [0, 0.1) is 0 Å². The first-order valence-electron chi connectivity index (χ1n) is 13.5. The molecule has 0 spiro atoms. The van der Waals surface area contributed by atoms with Crippen LogP contribution in [0.1, 0.15) is 22.3 Å². The Labute approximate surface area is 280 Å². The van der Waals surface area contributed by atoms with Gasteiger partial charge >= 0.3 is 12.4 Å². The lowest BCUT2D eigenvalue weighted by Gasteiger charge is -2.19. The molecular weight excluding hydrogens is 706 g/mol. The number of carbonyl (C=O) groups is 3. The van der Waals surface area contributed by atoms with E-state index in [-0.39, 0.29) is 36.3 Å². The fourth-order valence-electron chi connectivity index (χ4n) is 3.24. The van der Waals surface area contributed by atoms with Gasteiger partial charge in [0.1, 0.15) is 18.0 Å². The Morgan fingerprint density at radius 3 is 1.56 bits per heavy atom. The van der Waals surface area contributed by atoms with Gasteiger partial charge in [-0.25, -0.2) is 8.42 Å². The van der Waals surface area contributed by atoms with Gasteiger partial charge in [-0.05, 0) is 47.5 Å². The van der Waals surface area contributed by atoms with Crippen LogP contribution in [0.5, 0.6) is 0 Å². The van der Waals surface area contributed by atoms with E-state index in [2.05, 4.69) is 10.0 Å². The van der Waals surface area contributed by atoms with Gasteiger partial charge < -0.3 is 29.9 Å². The van der Waals surface area contributed by atoms with Crippen molar-refractivity contribution >= 4 is 39.5 Å². The summed E-state index contributed by atoms with van der Waals surface area (Å²) in [5, 5.41) is 31.4. The number of hydrogen-bond acceptors (Lipinski definition) is 8. The van der Waals surface area contributed by atoms with Crippen molar-refractivity contribution in [3.05, 3.63) is 101 Å². The van der Waals surface area contributed by atoms with Gasteiger partial charge in [0, 0.05) is 6.54 Å². The largest absolute Gasteiger partial charge is 0.542 e. The molecule has 1 atom stereocenters. The summed E-state index contributed by atoms with van der Waals surface area (Å²) in [5.41, 5.74) is 14.0. The van der Waals surface area contributed by atoms with Crippen molar-refractivity contribution in [3.8, 4) is 0 Å². The predicted molar refractivity (Wildman–Crippen MR) is 158 cm³/mol. The van der Waals surface area contributed by atoms with E-state index in [1.165, 1.54) is 24.3 Å². The van der Waals surface area contributed by atoms with Crippen LogP contribution in [-0.4, -0.2) is 62.9 Å². The van der Waals surface area contributed by atoms with Crippen LogP contribution in [0.3, 0.4) is 0 Å². The zero-order chi connectivity index (χ0) is 38.3. The van der Waals surface area contributed by atoms with E-state index < -0.39 is 46.3 Å². The van der Waals surface area contributed by atoms with E-state index >= 15 is 0 Å². The molecule has 14 nitrogen and oxygen atoms in total. The van der Waals surface area contributed by atoms with Gasteiger partial charge in [0.05, 0.1) is 29.2 Å². The number of nitrogens with one attached hydrogen (secondary N) is 2. The first kappa shape index (κ1) is 42.5. The molecule has 0 heterocycles. The maximum absolute atomic E-state index is 13.0. The average Bonchev–Trinajstić information content (AvgIpc) is 3.03. The summed E-state index contributed by atoms with van der Waals surface area (Å²) in [7, 11) is -4.05. The smallest absolute Gasteiger partial charge is 0.430 e. The Morgan fingerprint density at radius 2 is 1.16 bits per heavy atom. The number of amides is 1. The van der Waals surface area contributed by atoms with Crippen molar-refractivity contribution in [1.82, 2.24) is 10.0 Å². The zero-order valence-electron chi connectivity index (χ0n) is 25.5. The summed E-state index contributed by atoms with van der Waals surface area (Å²) < 4.78 is 97.2. The molecule has 3 rings (SSSR count). The number of sulfonamides is 1. The van der Waals surface area contributed by atoms with Crippen molar-refractivity contribution in [2.24, 2.45) is 11.5 Å². The molecule has 0 fully saturated rings. The van der Waals surface area contributed by atoms with Gasteiger partial charge in [-0.2, -0.15) is 31.1 Å². The van der Waals surface area contributed by atoms with Gasteiger partial charge in [-0.3, -0.25) is 27.1 Å². The molecule has 0 aliphatic heterocycles. The Morgan fingerprint density at radius 1 is 0.740 bits per heavy atom. The molecule has 0 bridgehead atoms. The number of aliphatic carboxylic acids is 2. The van der Waals surface area contributed by atoms with Crippen LogP contribution < -0.4 is 42.5 Å². The second-order valence-corrected chi connectivity index (χ2v) is 11.3. The van der Waals surface area contributed by atoms with Crippen LogP contribution in [-0.2, 0) is 42.3 Å². The minimum absolute atomic E-state index is 0.0421. The zero-order valence-corrected chi connectivity index (χ0v) is 26.3. The Balaban J connectivity index is 0.000000748. The predicted octanol–water partition coefficient (Wildman–Crippen LogP) is -3.61. The van der Waals surface area contributed by atoms with Crippen molar-refractivity contribution in [1.29, 1.82) is 0 Å². The molecule has 3 aromatic carbocycles. The van der Waals surface area contributed by atoms with Crippen LogP contribution in [0.25, 0.3) is 0 Å². The second kappa shape index (κ2) is 18.9. The molecule has 0 aromatic heterocycles. The number of rotatable bonds is 12. The molecule has 0 aliphatic rings. The molecule has 272 valence electrons. The van der Waals surface area contributed by atoms with Crippen molar-refractivity contribution in [3.63, 3.8) is 0 Å². The summed E-state index contributed by atoms with van der Waals surface area (Å²) in [6.45, 7) is 0.200. The highest BCUT2D eigenvalue weighted by molar-refractivity contribution is 7.89. The highest BCUT2D eigenvalue weighted by atomic mass is 32.2. The number of carboxylic acid groups (broad SMARTS) is 2. The molecule has 0 aliphatic carbocycles. The minimum atomic E-state index is -5.19. The number of nitrogens with two attached hydrogens (primary N) is 4. The molecule has 0 radical (unpaired) electrons. The third-order valence-corrected chi connectivity index (χ3v) is 7.21. The second-order valence-electron chi connectivity index (χ2n) is 9.59. The summed E-state index contributed by atoms with van der Waals surface area (Å²) >= 11 is 0. The van der Waals surface area contributed by atoms with E-state index in [1.807, 2.05) is 30.3 Å². The molecular formula is C29H30F6N6O8S. The number of carboxylic acids is 2. The fourth-order valence-corrected chi connectivity index (χ4v) is 4.42. The first-order valence-corrected chi connectivity index (χ1v) is 15.0. The summed E-state index contributed by atoms with van der Waals surface area (Å²) in [6.07, 6.45) is -10.4. The standard InChI is InChI=1S/C25H28N6O4S.2C2HF3O2/c26-23(27)19-8-6-17(7-9-19)14-30-25(32)22(16-35-15-18-4-2-1-3-5-18)31-36(33,34)21-12-10-20(11-13-21)24(28)29;2*3-2(4,5)1(6)7/h1-13,22,31H,14-16H2,(H3,26,27)(H3,28,29)(H,30,32);2*(H,6,7)/t22-;;/m0../s1. The van der Waals surface area contributed by atoms with E-state index in [1.54, 1.807) is 24.3 Å². The van der Waals surface area contributed by atoms with Crippen LogP contribution in [0.4, 0.5) is 26.3 Å². The molecule has 0 saturated carbocycles. The summed E-state index contributed by atoms with van der Waals surface area (Å²) in [4.78, 5) is 30.5. The van der Waals surface area contributed by atoms with E-state index in [0.717, 1.165) is 11.1 Å². The number of ether oxygens (including phenoxy) is 1. The van der Waals surface area contributed by atoms with E-state index in [0.29, 0.717) is 11.1 Å². The Bertz CT molecular complexity index is 1700. The number of benzene rings is 3. The normalized spacial score (nSPS) is 11.8. The monoisotopic (exact) mass is 736 g/mol. The number of carbonyl (C=O) groups excluding carboxylic acids is 3. The molecule has 10 N–H and O–H groups in total. The summed E-state index contributed by atoms with van der Waals surface area (Å²) in [5.74, 6) is -6.30. The molecule has 1 amide bonds. The van der Waals surface area contributed by atoms with Gasteiger partial charge in [0.2, 0.25) is 15.9 Å². The SMILES string of the molecule is NC(=[NH2+])c1ccc(CNC(=O)[C@H](COCc2ccccc2)NS(=O)(=O)c2ccc(C(N)=[NH2+])cc2)cc1.O=C([O-])C(F)(F)F.O=C([O-])C(F)(F)F. The average molecular weight is 737 g/mol. The molecule has 0 saturated heterocycles. The van der Waals surface area contributed by atoms with Gasteiger partial charge in [-0.1, -0.05) is 42.5 Å². The van der Waals surface area contributed by atoms with E-state index in [4.69, 9.17) is 46.8 Å². The van der Waals surface area contributed by atoms with Gasteiger partial charge in [0.15, 0.2) is 0 Å². The third kappa shape index (κ3) is 15.6. The Hall–Kier alpha value is -5.54. The number of hydrogen-bond donors (Lipinski definition) is 6. The van der Waals surface area contributed by atoms with Gasteiger partial charge in [-0.15, -0.1) is 0 Å². The van der Waals surface area contributed by atoms with Crippen LogP contribution in [0.2, 0.25) is 0 Å². The minimum Gasteiger partial charge on any atom is -0.542 e. The number of halogens is 6. The molecule has 21 heteroatoms. The number of amidine groups is 2. The topological polar surface area (TPSA) is 268 Å². The lowest BCUT2D eigenvalue weighted by Crippen LogP contribution is -2.49. The maximum Gasteiger partial charge on any atom is 0.430 e. The molecule has 0 unspecified atom stereocenters. The molecule has 3 aromatic rings. The first-order chi connectivity index (χ1) is 23.0. The highest BCUT2D eigenvalue weighted by Gasteiger charge is 2.29. The Kier molecular flexibility index (Phi) is 16.0. The van der Waals surface area contributed by atoms with E-state index in [9.17, 15) is 39.6 Å². The highest BCUT2D eigenvalue weighted by Crippen LogP contribution is 2.13. The third-order valence-electron chi connectivity index (χ3n) is 5.72. The lowest BCUT2D eigenvalue weighted by molar-refractivity contribution is -0.344. The van der Waals surface area contributed by atoms with Crippen LogP contribution in [0.15, 0.2) is 83.8 Å². The van der Waals surface area contributed by atoms with Crippen molar-refractivity contribution in [2.45, 2.75) is 36.4 Å². The maximum atomic E-state index is 13.0. The lowest BCUT2D eigenvalue weighted by atomic mass is 10.1. The van der Waals surface area contributed by atoms with Crippen molar-refractivity contribution < 1.29 is 74.9 Å². The molecule has 50 heavy (non-hydrogen) atoms. The quantitative estimate of drug-likeness (QED) is 0.0604. The summed E-state index contributed by atoms with van der Waals surface area (Å²) in [6, 6.07) is 20.8. The van der Waals surface area contributed by atoms with Crippen LogP contribution >= 0.6 is 0 Å².